The number of aliphatic hydroxyl groups is 2. The van der Waals surface area contributed by atoms with Gasteiger partial charge in [-0.05, 0) is 101 Å². The number of aliphatic hydroxyl groups excluding tert-OH is 2. The highest BCUT2D eigenvalue weighted by Gasteiger charge is 2.39. The van der Waals surface area contributed by atoms with Crippen molar-refractivity contribution in [2.24, 2.45) is 28.7 Å². The number of benzene rings is 4. The normalized spacial score (nSPS) is 23.7. The zero-order chi connectivity index (χ0) is 82.7. The van der Waals surface area contributed by atoms with E-state index in [1.807, 2.05) is 0 Å². The van der Waals surface area contributed by atoms with E-state index in [1.165, 1.54) is 13.8 Å². The highest BCUT2D eigenvalue weighted by atomic mass is 33.1. The van der Waals surface area contributed by atoms with Gasteiger partial charge in [0.2, 0.25) is 88.6 Å². The minimum absolute atomic E-state index is 0.0697. The van der Waals surface area contributed by atoms with Crippen molar-refractivity contribution in [2.45, 2.75) is 176 Å². The summed E-state index contributed by atoms with van der Waals surface area (Å²) in [7, 11) is 1.65. The summed E-state index contributed by atoms with van der Waals surface area (Å²) in [6, 6.07) is 11.4. The molecule has 26 N–H and O–H groups in total. The van der Waals surface area contributed by atoms with Crippen LogP contribution in [0.1, 0.15) is 88.0 Å². The molecule has 0 saturated carbocycles. The molecule has 38 heteroatoms. The van der Waals surface area contributed by atoms with Crippen LogP contribution in [0.4, 0.5) is 0 Å². The summed E-state index contributed by atoms with van der Waals surface area (Å²) < 4.78 is 0. The molecule has 0 radical (unpaired) electrons. The molecule has 0 unspecified atom stereocenters. The number of hydrogen-bond acceptors (Lipinski definition) is 22. The summed E-state index contributed by atoms with van der Waals surface area (Å²) in [5, 5.41) is 55.1. The van der Waals surface area contributed by atoms with Crippen LogP contribution in [0.15, 0.2) is 121 Å². The van der Waals surface area contributed by atoms with Crippen molar-refractivity contribution in [2.75, 3.05) is 37.7 Å². The van der Waals surface area contributed by atoms with Gasteiger partial charge >= 0.3 is 0 Å². The molecule has 1 saturated heterocycles. The number of carbonyl (C=O) groups is 15. The van der Waals surface area contributed by atoms with Gasteiger partial charge in [-0.1, -0.05) is 131 Å². The Hall–Kier alpha value is -11.0. The molecule has 36 nitrogen and oxygen atoms in total. The van der Waals surface area contributed by atoms with Crippen LogP contribution in [-0.4, -0.2) is 226 Å². The third-order valence-electron chi connectivity index (χ3n) is 18.0. The lowest BCUT2D eigenvalue weighted by atomic mass is 10.00. The second-order valence-electron chi connectivity index (χ2n) is 27.2. The lowest BCUT2D eigenvalue weighted by molar-refractivity contribution is -0.137. The smallest absolute Gasteiger partial charge is 0.245 e. The van der Waals surface area contributed by atoms with Crippen LogP contribution in [-0.2, 0) is 97.6 Å². The number of primary amides is 2. The number of para-hydroxylation sites is 1. The molecule has 15 amide bonds. The second kappa shape index (κ2) is 46.7. The molecular formula is C75H103N19O17S2. The van der Waals surface area contributed by atoms with E-state index < -0.39 is 204 Å². The summed E-state index contributed by atoms with van der Waals surface area (Å²) >= 11 is 0. The first-order valence-electron chi connectivity index (χ1n) is 36.8. The van der Waals surface area contributed by atoms with Crippen LogP contribution < -0.4 is 97.8 Å². The molecule has 5 aromatic rings. The number of carbonyl (C=O) groups excluding carboxylic acids is 15. The molecule has 14 atom stereocenters. The first-order chi connectivity index (χ1) is 54.0. The van der Waals surface area contributed by atoms with Gasteiger partial charge in [0.1, 0.15) is 72.5 Å². The van der Waals surface area contributed by atoms with Crippen molar-refractivity contribution >= 4 is 121 Å². The summed E-state index contributed by atoms with van der Waals surface area (Å²) in [5.74, 6) is -16.1. The maximum absolute atomic E-state index is 15.3. The van der Waals surface area contributed by atoms with Gasteiger partial charge in [-0.3, -0.25) is 71.9 Å². The van der Waals surface area contributed by atoms with Crippen molar-refractivity contribution in [3.63, 3.8) is 0 Å². The molecule has 0 aliphatic carbocycles. The topological polar surface area (TPSA) is 599 Å². The molecule has 0 spiro atoms. The summed E-state index contributed by atoms with van der Waals surface area (Å²) in [6.07, 6.45) is -1.14. The number of fused-ring (bicyclic) bond motifs is 1. The Bertz CT molecular complexity index is 4070. The fourth-order valence-corrected chi connectivity index (χ4v) is 14.1. The molecule has 1 aliphatic heterocycles. The molecule has 0 bridgehead atoms. The molecule has 1 aromatic heterocycles. The van der Waals surface area contributed by atoms with Gasteiger partial charge in [0, 0.05) is 54.3 Å². The standard InChI is InChI=1S/C75H103N19O17S2/c1-41(78)64(100)82-37-61(98)84-59-40-113-112-39-58(63(80)99)93-73(109)57(38-95)92-75(111)62(43(3)96)94-72(108)54(33-46-23-11-6-12-24-46)87-65(101)42(2)83-66(102)50(27-15-17-29-76)85-70(106)55(34-47-36-81-49-26-14-13-25-48(47)49)90-69(105)53(32-45-21-9-5-10-22-45)88-68(104)52(31-44-19-7-4-8-20-44)89-71(107)56(35-60(79)97)91-67(103)51(86-74(59)110)28-16-18-30-77/h4-14,19-26,36,41-43,50-59,62,81,95-96H,15-18,27-35,37-40,76-78H2,1-3H3,(H2,79,97)(H2,80,99)(H,82,100)(H,83,102)(H,84,98)(H,85,106)(H,86,110)(H,87,101)(H,88,104)(H,89,107)(H,90,105)(H,91,103)(H,92,111)(H,93,109)(H,94,108)/t41-,42-,43+,50-,51-,52-,53-,54-,55-,56-,57-,58-,59-,62-/m0/s1. The highest BCUT2D eigenvalue weighted by molar-refractivity contribution is 8.76. The van der Waals surface area contributed by atoms with Gasteiger partial charge in [0.05, 0.1) is 31.7 Å². The molecule has 2 heterocycles. The summed E-state index contributed by atoms with van der Waals surface area (Å²) in [4.78, 5) is 216. The number of rotatable bonds is 25. The number of hydrogen-bond donors (Lipinski definition) is 21. The highest BCUT2D eigenvalue weighted by Crippen LogP contribution is 2.24. The van der Waals surface area contributed by atoms with E-state index in [4.69, 9.17) is 28.7 Å². The Labute approximate surface area is 660 Å². The lowest BCUT2D eigenvalue weighted by Crippen LogP contribution is -2.62. The molecule has 113 heavy (non-hydrogen) atoms. The average molecular weight is 1610 g/mol. The molecule has 1 fully saturated rings. The van der Waals surface area contributed by atoms with E-state index in [1.54, 1.807) is 121 Å². The van der Waals surface area contributed by atoms with Gasteiger partial charge in [0.15, 0.2) is 0 Å². The molecule has 4 aromatic carbocycles. The molecule has 1 aliphatic rings. The predicted molar refractivity (Wildman–Crippen MR) is 420 cm³/mol. The summed E-state index contributed by atoms with van der Waals surface area (Å²) in [6.45, 7) is 2.23. The first kappa shape index (κ1) is 90.9. The van der Waals surface area contributed by atoms with Gasteiger partial charge in [-0.25, -0.2) is 0 Å². The SMILES string of the molecule is C[C@H](N)C(=O)NCC(=O)N[C@H]1CSSC[C@@H](C(N)=O)NC(=O)[C@H](CO)NC(=O)[C@H]([C@@H](C)O)NC(=O)[C@H](Cc2ccccc2)NC(=O)[C@H](C)NC(=O)[C@H](CCCCN)NC(=O)[C@H](Cc2c[nH]c3ccccc23)NC(=O)[C@H](Cc2ccccc2)NC(=O)[C@H](Cc2ccccc2)NC(=O)[C@H](CC(N)=O)NC(=O)[C@H](CCCCN)NC1=O. The average Bonchev–Trinajstić information content (AvgIpc) is 1.73. The fourth-order valence-electron chi connectivity index (χ4n) is 11.7. The minimum atomic E-state index is -1.91. The number of nitrogens with two attached hydrogens (primary N) is 5. The lowest BCUT2D eigenvalue weighted by Gasteiger charge is -2.28. The molecule has 6 rings (SSSR count). The number of H-pyrrole nitrogens is 1. The Morgan fingerprint density at radius 1 is 0.487 bits per heavy atom. The van der Waals surface area contributed by atoms with Crippen LogP contribution in [0.3, 0.4) is 0 Å². The van der Waals surface area contributed by atoms with Gasteiger partial charge in [-0.15, -0.1) is 0 Å². The number of nitrogens with one attached hydrogen (secondary N) is 14. The quantitative estimate of drug-likeness (QED) is 0.0192. The van der Waals surface area contributed by atoms with Crippen LogP contribution in [0.2, 0.25) is 0 Å². The van der Waals surface area contributed by atoms with Crippen molar-refractivity contribution in [1.29, 1.82) is 0 Å². The van der Waals surface area contributed by atoms with Crippen LogP contribution >= 0.6 is 21.6 Å². The van der Waals surface area contributed by atoms with E-state index in [0.29, 0.717) is 46.0 Å². The van der Waals surface area contributed by atoms with Gasteiger partial charge in [-0.2, -0.15) is 0 Å². The van der Waals surface area contributed by atoms with E-state index >= 15 is 14.4 Å². The van der Waals surface area contributed by atoms with Gasteiger partial charge in [0.25, 0.3) is 0 Å². The fraction of sp³-hybridized carbons (Fsp3) is 0.453. The first-order valence-corrected chi connectivity index (χ1v) is 39.3. The van der Waals surface area contributed by atoms with Crippen molar-refractivity contribution in [3.8, 4) is 0 Å². The van der Waals surface area contributed by atoms with Crippen molar-refractivity contribution < 1.29 is 82.1 Å². The Kier molecular flexibility index (Phi) is 37.6. The van der Waals surface area contributed by atoms with E-state index in [2.05, 4.69) is 74.1 Å². The van der Waals surface area contributed by atoms with Crippen molar-refractivity contribution in [1.82, 2.24) is 74.1 Å². The second-order valence-corrected chi connectivity index (χ2v) is 29.7. The van der Waals surface area contributed by atoms with Crippen LogP contribution in [0, 0.1) is 0 Å². The number of unbranched alkanes of at least 4 members (excludes halogenated alkanes) is 2. The maximum Gasteiger partial charge on any atom is 0.245 e. The van der Waals surface area contributed by atoms with Crippen LogP contribution in [0.5, 0.6) is 0 Å². The number of amides is 15. The van der Waals surface area contributed by atoms with E-state index in [9.17, 15) is 67.7 Å². The largest absolute Gasteiger partial charge is 0.394 e. The monoisotopic (exact) mass is 1610 g/mol. The maximum atomic E-state index is 15.3. The predicted octanol–water partition coefficient (Wildman–Crippen LogP) is -4.87. The number of aromatic amines is 1. The molecule has 612 valence electrons. The van der Waals surface area contributed by atoms with E-state index in [0.717, 1.165) is 28.5 Å². The zero-order valence-corrected chi connectivity index (χ0v) is 64.5. The molecular weight excluding hydrogens is 1500 g/mol. The van der Waals surface area contributed by atoms with Gasteiger partial charge < -0.3 is 113 Å². The third-order valence-corrected chi connectivity index (χ3v) is 20.4. The number of aromatic nitrogens is 1. The Morgan fingerprint density at radius 2 is 0.903 bits per heavy atom. The van der Waals surface area contributed by atoms with E-state index in [-0.39, 0.29) is 64.5 Å². The Morgan fingerprint density at radius 3 is 1.39 bits per heavy atom. The van der Waals surface area contributed by atoms with Crippen molar-refractivity contribution in [3.05, 3.63) is 144 Å². The minimum Gasteiger partial charge on any atom is -0.394 e. The summed E-state index contributed by atoms with van der Waals surface area (Å²) in [5.41, 5.74) is 31.5. The Balaban J connectivity index is 1.45. The third kappa shape index (κ3) is 30.2. The van der Waals surface area contributed by atoms with Crippen LogP contribution in [0.25, 0.3) is 10.9 Å². The zero-order valence-electron chi connectivity index (χ0n) is 62.9.